The van der Waals surface area contributed by atoms with Crippen LogP contribution in [0.1, 0.15) is 48.4 Å². The molecule has 5 heteroatoms. The first-order valence-corrected chi connectivity index (χ1v) is 11.6. The first kappa shape index (κ1) is 20.4. The second-order valence-corrected chi connectivity index (χ2v) is 8.92. The lowest BCUT2D eigenvalue weighted by molar-refractivity contribution is 0.438. The van der Waals surface area contributed by atoms with E-state index in [2.05, 4.69) is 45.7 Å². The number of hydrogen-bond donors (Lipinski definition) is 2. The van der Waals surface area contributed by atoms with Crippen molar-refractivity contribution in [2.45, 2.75) is 38.1 Å². The van der Waals surface area contributed by atoms with Crippen LogP contribution in [0.3, 0.4) is 0 Å². The van der Waals surface area contributed by atoms with Gasteiger partial charge in [0.1, 0.15) is 5.82 Å². The third-order valence-electron chi connectivity index (χ3n) is 6.72. The summed E-state index contributed by atoms with van der Waals surface area (Å²) in [4.78, 5) is 0. The number of halogens is 1. The van der Waals surface area contributed by atoms with Gasteiger partial charge in [-0.2, -0.15) is 5.10 Å². The van der Waals surface area contributed by atoms with E-state index in [1.54, 1.807) is 0 Å². The fraction of sp³-hybridized carbons (Fsp3) is 0.423. The Balaban J connectivity index is 1.49. The van der Waals surface area contributed by atoms with Gasteiger partial charge in [0.25, 0.3) is 0 Å². The molecule has 2 aliphatic rings. The van der Waals surface area contributed by atoms with Gasteiger partial charge in [0.05, 0.1) is 17.8 Å². The first-order valence-electron chi connectivity index (χ1n) is 11.6. The molecule has 162 valence electrons. The molecule has 3 heterocycles. The number of piperidine rings is 2. The van der Waals surface area contributed by atoms with Gasteiger partial charge in [-0.05, 0) is 87.1 Å². The summed E-state index contributed by atoms with van der Waals surface area (Å²) in [5.41, 5.74) is 4.68. The van der Waals surface area contributed by atoms with E-state index in [0.717, 1.165) is 44.6 Å². The molecule has 0 amide bonds. The number of nitrogens with one attached hydrogen (secondary N) is 2. The van der Waals surface area contributed by atoms with Gasteiger partial charge in [-0.15, -0.1) is 0 Å². The molecule has 4 nitrogen and oxygen atoms in total. The Morgan fingerprint density at radius 1 is 0.935 bits per heavy atom. The molecular formula is C26H31FN4. The minimum Gasteiger partial charge on any atom is -0.317 e. The minimum absolute atomic E-state index is 0.199. The maximum absolute atomic E-state index is 13.4. The van der Waals surface area contributed by atoms with Crippen LogP contribution in [0.25, 0.3) is 17.0 Å². The number of rotatable bonds is 5. The summed E-state index contributed by atoms with van der Waals surface area (Å²) in [6.45, 7) is 4.97. The van der Waals surface area contributed by atoms with Crippen LogP contribution < -0.4 is 10.6 Å². The number of allylic oxidation sites excluding steroid dienone is 1. The molecule has 0 spiro atoms. The normalized spacial score (nSPS) is 18.9. The van der Waals surface area contributed by atoms with Crippen molar-refractivity contribution in [2.75, 3.05) is 26.2 Å². The maximum Gasteiger partial charge on any atom is 0.123 e. The third-order valence-corrected chi connectivity index (χ3v) is 6.72. The zero-order valence-electron chi connectivity index (χ0n) is 18.0. The third kappa shape index (κ3) is 4.73. The van der Waals surface area contributed by atoms with Crippen LogP contribution in [-0.4, -0.2) is 36.0 Å². The summed E-state index contributed by atoms with van der Waals surface area (Å²) in [5.74, 6) is 0.954. The van der Waals surface area contributed by atoms with E-state index in [-0.39, 0.29) is 5.82 Å². The molecule has 0 saturated carbocycles. The van der Waals surface area contributed by atoms with Crippen LogP contribution in [0, 0.1) is 11.7 Å². The van der Waals surface area contributed by atoms with Crippen molar-refractivity contribution in [3.05, 3.63) is 71.2 Å². The number of hydrogen-bond acceptors (Lipinski definition) is 3. The highest BCUT2D eigenvalue weighted by Crippen LogP contribution is 2.32. The highest BCUT2D eigenvalue weighted by molar-refractivity contribution is 5.85. The highest BCUT2D eigenvalue weighted by atomic mass is 19.1. The van der Waals surface area contributed by atoms with Gasteiger partial charge < -0.3 is 10.6 Å². The molecule has 1 aromatic heterocycles. The number of fused-ring (bicyclic) bond motifs is 1. The van der Waals surface area contributed by atoms with Crippen molar-refractivity contribution in [2.24, 2.45) is 5.92 Å². The van der Waals surface area contributed by atoms with Crippen molar-refractivity contribution in [3.63, 3.8) is 0 Å². The van der Waals surface area contributed by atoms with Gasteiger partial charge in [0.2, 0.25) is 0 Å². The predicted octanol–water partition coefficient (Wildman–Crippen LogP) is 4.70. The zero-order valence-corrected chi connectivity index (χ0v) is 18.0. The Morgan fingerprint density at radius 2 is 1.65 bits per heavy atom. The standard InChI is InChI=1S/C26H31FN4/c27-23-6-3-21(4-7-23)18-31-25-17-20(2-1-19-9-13-28-14-10-19)5-8-24(25)26(30-31)22-11-15-29-16-12-22/h1-8,17,19,22,28-29H,9-16,18H2/b2-1+. The fourth-order valence-electron chi connectivity index (χ4n) is 4.88. The first-order chi connectivity index (χ1) is 15.3. The number of benzene rings is 2. The second-order valence-electron chi connectivity index (χ2n) is 8.92. The van der Waals surface area contributed by atoms with Gasteiger partial charge >= 0.3 is 0 Å². The quantitative estimate of drug-likeness (QED) is 0.631. The van der Waals surface area contributed by atoms with Crippen LogP contribution in [0.5, 0.6) is 0 Å². The van der Waals surface area contributed by atoms with Gasteiger partial charge in [-0.1, -0.05) is 36.4 Å². The van der Waals surface area contributed by atoms with E-state index in [1.807, 2.05) is 12.1 Å². The van der Waals surface area contributed by atoms with Crippen molar-refractivity contribution < 1.29 is 4.39 Å². The molecule has 0 unspecified atom stereocenters. The van der Waals surface area contributed by atoms with Crippen LogP contribution in [0.2, 0.25) is 0 Å². The topological polar surface area (TPSA) is 41.9 Å². The van der Waals surface area contributed by atoms with E-state index >= 15 is 0 Å². The summed E-state index contributed by atoms with van der Waals surface area (Å²) < 4.78 is 15.5. The Kier molecular flexibility index (Phi) is 6.14. The van der Waals surface area contributed by atoms with Crippen molar-refractivity contribution >= 4 is 17.0 Å². The zero-order chi connectivity index (χ0) is 21.0. The average Bonchev–Trinajstić information content (AvgIpc) is 3.18. The Labute approximate surface area is 183 Å². The molecule has 2 N–H and O–H groups in total. The lowest BCUT2D eigenvalue weighted by Gasteiger charge is -2.21. The Morgan fingerprint density at radius 3 is 2.39 bits per heavy atom. The SMILES string of the molecule is Fc1ccc(Cn2nc(C3CCNCC3)c3ccc(/C=C/C4CCNCC4)cc32)cc1. The Hall–Kier alpha value is -2.50. The summed E-state index contributed by atoms with van der Waals surface area (Å²) in [7, 11) is 0. The molecule has 2 aliphatic heterocycles. The second kappa shape index (κ2) is 9.33. The molecule has 2 saturated heterocycles. The van der Waals surface area contributed by atoms with Crippen LogP contribution in [0.15, 0.2) is 48.5 Å². The smallest absolute Gasteiger partial charge is 0.123 e. The molecule has 0 atom stereocenters. The van der Waals surface area contributed by atoms with E-state index in [0.29, 0.717) is 18.4 Å². The summed E-state index contributed by atoms with van der Waals surface area (Å²) in [5, 5.41) is 13.2. The van der Waals surface area contributed by atoms with E-state index in [4.69, 9.17) is 5.10 Å². The summed E-state index contributed by atoms with van der Waals surface area (Å²) in [6, 6.07) is 13.5. The molecule has 5 rings (SSSR count). The Bertz CT molecular complexity index is 1040. The molecule has 2 fully saturated rings. The molecule has 3 aromatic rings. The van der Waals surface area contributed by atoms with E-state index in [1.165, 1.54) is 47.1 Å². The largest absolute Gasteiger partial charge is 0.317 e. The minimum atomic E-state index is -0.199. The lowest BCUT2D eigenvalue weighted by Crippen LogP contribution is -2.27. The van der Waals surface area contributed by atoms with Crippen LogP contribution >= 0.6 is 0 Å². The van der Waals surface area contributed by atoms with Gasteiger partial charge in [0.15, 0.2) is 0 Å². The average molecular weight is 419 g/mol. The lowest BCUT2D eigenvalue weighted by atomic mass is 9.92. The van der Waals surface area contributed by atoms with Crippen molar-refractivity contribution in [1.29, 1.82) is 0 Å². The summed E-state index contributed by atoms with van der Waals surface area (Å²) >= 11 is 0. The predicted molar refractivity (Wildman–Crippen MR) is 125 cm³/mol. The molecular weight excluding hydrogens is 387 g/mol. The number of aromatic nitrogens is 2. The van der Waals surface area contributed by atoms with E-state index in [9.17, 15) is 4.39 Å². The van der Waals surface area contributed by atoms with Crippen LogP contribution in [-0.2, 0) is 6.54 Å². The molecule has 0 bridgehead atoms. The molecule has 2 aromatic carbocycles. The monoisotopic (exact) mass is 418 g/mol. The molecule has 31 heavy (non-hydrogen) atoms. The van der Waals surface area contributed by atoms with Crippen molar-refractivity contribution in [3.8, 4) is 0 Å². The summed E-state index contributed by atoms with van der Waals surface area (Å²) in [6.07, 6.45) is 9.31. The van der Waals surface area contributed by atoms with Crippen LogP contribution in [0.4, 0.5) is 4.39 Å². The van der Waals surface area contributed by atoms with Gasteiger partial charge in [-0.3, -0.25) is 4.68 Å². The molecule has 0 aliphatic carbocycles. The van der Waals surface area contributed by atoms with Gasteiger partial charge in [0, 0.05) is 11.3 Å². The highest BCUT2D eigenvalue weighted by Gasteiger charge is 2.22. The molecule has 0 radical (unpaired) electrons. The van der Waals surface area contributed by atoms with Crippen molar-refractivity contribution in [1.82, 2.24) is 20.4 Å². The van der Waals surface area contributed by atoms with E-state index < -0.39 is 0 Å². The maximum atomic E-state index is 13.4. The fourth-order valence-corrected chi connectivity index (χ4v) is 4.88. The number of nitrogens with zero attached hydrogens (tertiary/aromatic N) is 2. The van der Waals surface area contributed by atoms with Gasteiger partial charge in [-0.25, -0.2) is 4.39 Å².